The predicted octanol–water partition coefficient (Wildman–Crippen LogP) is 1.95. The molecule has 0 heterocycles. The molecular weight excluding hydrogens is 190 g/mol. The minimum atomic E-state index is 0.187. The van der Waals surface area contributed by atoms with Gasteiger partial charge in [0.25, 0.3) is 0 Å². The van der Waals surface area contributed by atoms with Crippen LogP contribution in [0.2, 0.25) is 0 Å². The van der Waals surface area contributed by atoms with E-state index in [4.69, 9.17) is 15.2 Å². The van der Waals surface area contributed by atoms with Crippen LogP contribution in [0.1, 0.15) is 18.9 Å². The Morgan fingerprint density at radius 1 is 1.40 bits per heavy atom. The van der Waals surface area contributed by atoms with E-state index in [1.807, 2.05) is 31.2 Å². The van der Waals surface area contributed by atoms with Gasteiger partial charge in [0.15, 0.2) is 0 Å². The topological polar surface area (TPSA) is 44.5 Å². The summed E-state index contributed by atoms with van der Waals surface area (Å²) >= 11 is 0. The maximum atomic E-state index is 5.63. The van der Waals surface area contributed by atoms with E-state index in [0.29, 0.717) is 13.2 Å². The van der Waals surface area contributed by atoms with Crippen LogP contribution in [0.5, 0.6) is 5.75 Å². The molecule has 1 atom stereocenters. The van der Waals surface area contributed by atoms with E-state index in [0.717, 1.165) is 17.7 Å². The number of hydrogen-bond acceptors (Lipinski definition) is 3. The van der Waals surface area contributed by atoms with Crippen molar-refractivity contribution in [3.8, 4) is 5.75 Å². The molecule has 1 aromatic rings. The lowest BCUT2D eigenvalue weighted by Crippen LogP contribution is -2.18. The molecule has 0 saturated heterocycles. The average molecular weight is 209 g/mol. The Hall–Kier alpha value is -1.06. The van der Waals surface area contributed by atoms with Crippen molar-refractivity contribution in [1.82, 2.24) is 0 Å². The van der Waals surface area contributed by atoms with Crippen molar-refractivity contribution in [3.05, 3.63) is 29.8 Å². The van der Waals surface area contributed by atoms with Gasteiger partial charge < -0.3 is 15.2 Å². The highest BCUT2D eigenvalue weighted by atomic mass is 16.5. The number of benzene rings is 1. The summed E-state index contributed by atoms with van der Waals surface area (Å²) in [6.45, 7) is 3.25. The second-order valence-corrected chi connectivity index (χ2v) is 3.69. The van der Waals surface area contributed by atoms with Gasteiger partial charge in [0, 0.05) is 13.2 Å². The Labute approximate surface area is 91.2 Å². The standard InChI is InChI=1S/C12H19NO2/c1-10(13)6-7-15-12-5-3-4-11(8-12)9-14-2/h3-5,8,10H,6-7,9,13H2,1-2H3. The van der Waals surface area contributed by atoms with Crippen LogP contribution < -0.4 is 10.5 Å². The summed E-state index contributed by atoms with van der Waals surface area (Å²) in [7, 11) is 1.68. The first-order valence-electron chi connectivity index (χ1n) is 5.18. The minimum Gasteiger partial charge on any atom is -0.494 e. The lowest BCUT2D eigenvalue weighted by molar-refractivity contribution is 0.184. The fraction of sp³-hybridized carbons (Fsp3) is 0.500. The van der Waals surface area contributed by atoms with Gasteiger partial charge in [-0.15, -0.1) is 0 Å². The predicted molar refractivity (Wildman–Crippen MR) is 60.9 cm³/mol. The maximum Gasteiger partial charge on any atom is 0.119 e. The van der Waals surface area contributed by atoms with Crippen molar-refractivity contribution in [1.29, 1.82) is 0 Å². The molecule has 0 fully saturated rings. The molecule has 3 nitrogen and oxygen atoms in total. The molecule has 1 rings (SSSR count). The molecule has 0 spiro atoms. The van der Waals surface area contributed by atoms with Gasteiger partial charge in [0.05, 0.1) is 13.2 Å². The van der Waals surface area contributed by atoms with Crippen LogP contribution in [0.3, 0.4) is 0 Å². The van der Waals surface area contributed by atoms with Crippen molar-refractivity contribution in [2.45, 2.75) is 26.0 Å². The molecule has 15 heavy (non-hydrogen) atoms. The Morgan fingerprint density at radius 3 is 2.87 bits per heavy atom. The van der Waals surface area contributed by atoms with Gasteiger partial charge in [-0.3, -0.25) is 0 Å². The van der Waals surface area contributed by atoms with E-state index in [9.17, 15) is 0 Å². The van der Waals surface area contributed by atoms with Crippen molar-refractivity contribution in [2.75, 3.05) is 13.7 Å². The molecule has 0 saturated carbocycles. The molecule has 0 aliphatic heterocycles. The first kappa shape index (κ1) is 12.0. The van der Waals surface area contributed by atoms with Gasteiger partial charge in [0.2, 0.25) is 0 Å². The molecule has 0 bridgehead atoms. The Morgan fingerprint density at radius 2 is 2.20 bits per heavy atom. The zero-order chi connectivity index (χ0) is 11.1. The van der Waals surface area contributed by atoms with Gasteiger partial charge >= 0.3 is 0 Å². The highest BCUT2D eigenvalue weighted by molar-refractivity contribution is 5.28. The summed E-state index contributed by atoms with van der Waals surface area (Å²) < 4.78 is 10.6. The summed E-state index contributed by atoms with van der Waals surface area (Å²) in [5.41, 5.74) is 6.76. The van der Waals surface area contributed by atoms with Crippen LogP contribution >= 0.6 is 0 Å². The van der Waals surface area contributed by atoms with E-state index in [1.54, 1.807) is 7.11 Å². The molecule has 0 amide bonds. The van der Waals surface area contributed by atoms with Crippen LogP contribution in [-0.2, 0) is 11.3 Å². The van der Waals surface area contributed by atoms with Crippen LogP contribution in [0.25, 0.3) is 0 Å². The monoisotopic (exact) mass is 209 g/mol. The largest absolute Gasteiger partial charge is 0.494 e. The zero-order valence-corrected chi connectivity index (χ0v) is 9.40. The molecule has 84 valence electrons. The van der Waals surface area contributed by atoms with E-state index >= 15 is 0 Å². The van der Waals surface area contributed by atoms with E-state index in [1.165, 1.54) is 0 Å². The van der Waals surface area contributed by atoms with Crippen LogP contribution in [0.15, 0.2) is 24.3 Å². The van der Waals surface area contributed by atoms with E-state index in [-0.39, 0.29) is 6.04 Å². The van der Waals surface area contributed by atoms with Gasteiger partial charge in [-0.1, -0.05) is 12.1 Å². The maximum absolute atomic E-state index is 5.63. The Balaban J connectivity index is 2.43. The van der Waals surface area contributed by atoms with Crippen LogP contribution in [0, 0.1) is 0 Å². The summed E-state index contributed by atoms with van der Waals surface area (Å²) in [4.78, 5) is 0. The number of hydrogen-bond donors (Lipinski definition) is 1. The van der Waals surface area contributed by atoms with Crippen molar-refractivity contribution in [2.24, 2.45) is 5.73 Å². The summed E-state index contributed by atoms with van der Waals surface area (Å²) in [6.07, 6.45) is 0.870. The average Bonchev–Trinajstić information content (AvgIpc) is 2.18. The van der Waals surface area contributed by atoms with E-state index < -0.39 is 0 Å². The molecule has 3 heteroatoms. The third kappa shape index (κ3) is 4.81. The number of rotatable bonds is 6. The highest BCUT2D eigenvalue weighted by Gasteiger charge is 1.98. The Bertz CT molecular complexity index is 287. The smallest absolute Gasteiger partial charge is 0.119 e. The number of nitrogens with two attached hydrogens (primary N) is 1. The second-order valence-electron chi connectivity index (χ2n) is 3.69. The molecule has 0 aromatic heterocycles. The van der Waals surface area contributed by atoms with Crippen molar-refractivity contribution in [3.63, 3.8) is 0 Å². The summed E-state index contributed by atoms with van der Waals surface area (Å²) in [6, 6.07) is 8.11. The molecule has 1 aromatic carbocycles. The van der Waals surface area contributed by atoms with Gasteiger partial charge in [-0.05, 0) is 31.0 Å². The number of methoxy groups -OCH3 is 1. The SMILES string of the molecule is COCc1cccc(OCCC(C)N)c1. The summed E-state index contributed by atoms with van der Waals surface area (Å²) in [5, 5.41) is 0. The molecular formula is C12H19NO2. The highest BCUT2D eigenvalue weighted by Crippen LogP contribution is 2.14. The van der Waals surface area contributed by atoms with Crippen molar-refractivity contribution >= 4 is 0 Å². The summed E-state index contributed by atoms with van der Waals surface area (Å²) in [5.74, 6) is 0.880. The fourth-order valence-corrected chi connectivity index (χ4v) is 1.25. The van der Waals surface area contributed by atoms with Crippen LogP contribution in [-0.4, -0.2) is 19.8 Å². The normalized spacial score (nSPS) is 12.5. The van der Waals surface area contributed by atoms with Crippen molar-refractivity contribution < 1.29 is 9.47 Å². The van der Waals surface area contributed by atoms with Gasteiger partial charge in [-0.25, -0.2) is 0 Å². The molecule has 1 unspecified atom stereocenters. The Kier molecular flexibility index (Phi) is 5.15. The first-order chi connectivity index (χ1) is 7.22. The molecule has 0 aliphatic carbocycles. The third-order valence-electron chi connectivity index (χ3n) is 2.05. The quantitative estimate of drug-likeness (QED) is 0.778. The second kappa shape index (κ2) is 6.43. The van der Waals surface area contributed by atoms with Gasteiger partial charge in [0.1, 0.15) is 5.75 Å². The third-order valence-corrected chi connectivity index (χ3v) is 2.05. The van der Waals surface area contributed by atoms with E-state index in [2.05, 4.69) is 0 Å². The zero-order valence-electron chi connectivity index (χ0n) is 9.40. The molecule has 2 N–H and O–H groups in total. The lowest BCUT2D eigenvalue weighted by atomic mass is 10.2. The van der Waals surface area contributed by atoms with Gasteiger partial charge in [-0.2, -0.15) is 0 Å². The molecule has 0 radical (unpaired) electrons. The number of ether oxygens (including phenoxy) is 2. The first-order valence-corrected chi connectivity index (χ1v) is 5.18. The molecule has 0 aliphatic rings. The fourth-order valence-electron chi connectivity index (χ4n) is 1.25. The lowest BCUT2D eigenvalue weighted by Gasteiger charge is -2.09. The minimum absolute atomic E-state index is 0.187. The van der Waals surface area contributed by atoms with Crippen LogP contribution in [0.4, 0.5) is 0 Å².